The molecule has 0 unspecified atom stereocenters. The van der Waals surface area contributed by atoms with Crippen LogP contribution >= 0.6 is 0 Å². The van der Waals surface area contributed by atoms with Crippen LogP contribution in [-0.4, -0.2) is 36.5 Å². The van der Waals surface area contributed by atoms with Crippen molar-refractivity contribution in [3.8, 4) is 11.5 Å². The smallest absolute Gasteiger partial charge is 0.314 e. The van der Waals surface area contributed by atoms with Crippen molar-refractivity contribution >= 4 is 5.97 Å². The molecule has 0 radical (unpaired) electrons. The summed E-state index contributed by atoms with van der Waals surface area (Å²) in [4.78, 5) is 11.8. The second kappa shape index (κ2) is 5.71. The van der Waals surface area contributed by atoms with Crippen LogP contribution in [0.2, 0.25) is 0 Å². The van der Waals surface area contributed by atoms with Crippen molar-refractivity contribution in [2.24, 2.45) is 0 Å². The summed E-state index contributed by atoms with van der Waals surface area (Å²) < 4.78 is 10.4. The predicted molar refractivity (Wildman–Crippen MR) is 73.3 cm³/mol. The van der Waals surface area contributed by atoms with Crippen molar-refractivity contribution in [3.05, 3.63) is 23.8 Å². The molecular formula is C15H20O5. The van der Waals surface area contributed by atoms with Gasteiger partial charge in [0.05, 0.1) is 25.7 Å². The van der Waals surface area contributed by atoms with Gasteiger partial charge in [0.25, 0.3) is 0 Å². The van der Waals surface area contributed by atoms with Gasteiger partial charge in [-0.25, -0.2) is 0 Å². The molecule has 1 saturated carbocycles. The Hall–Kier alpha value is -1.75. The van der Waals surface area contributed by atoms with E-state index in [4.69, 9.17) is 9.47 Å². The third-order valence-corrected chi connectivity index (χ3v) is 4.15. The van der Waals surface area contributed by atoms with E-state index in [2.05, 4.69) is 0 Å². The zero-order valence-corrected chi connectivity index (χ0v) is 11.8. The molecule has 1 aliphatic rings. The highest BCUT2D eigenvalue weighted by atomic mass is 16.5. The molecule has 1 fully saturated rings. The van der Waals surface area contributed by atoms with E-state index < -0.39 is 17.5 Å². The number of aliphatic carboxylic acids is 1. The van der Waals surface area contributed by atoms with E-state index in [1.165, 1.54) is 7.11 Å². The molecule has 0 bridgehead atoms. The van der Waals surface area contributed by atoms with Gasteiger partial charge in [-0.3, -0.25) is 4.79 Å². The molecule has 2 rings (SSSR count). The molecule has 0 aromatic heterocycles. The van der Waals surface area contributed by atoms with Crippen molar-refractivity contribution in [2.45, 2.75) is 37.2 Å². The molecule has 0 saturated heterocycles. The topological polar surface area (TPSA) is 76.0 Å². The molecule has 1 aromatic carbocycles. The molecule has 1 aliphatic carbocycles. The molecule has 5 nitrogen and oxygen atoms in total. The molecule has 110 valence electrons. The van der Waals surface area contributed by atoms with Crippen molar-refractivity contribution in [1.29, 1.82) is 0 Å². The maximum Gasteiger partial charge on any atom is 0.314 e. The Morgan fingerprint density at radius 1 is 1.20 bits per heavy atom. The molecule has 0 amide bonds. The fourth-order valence-corrected chi connectivity index (χ4v) is 2.86. The Kier molecular flexibility index (Phi) is 4.18. The lowest BCUT2D eigenvalue weighted by Gasteiger charge is -2.35. The fourth-order valence-electron chi connectivity index (χ4n) is 2.86. The number of methoxy groups -OCH3 is 2. The Morgan fingerprint density at radius 3 is 2.30 bits per heavy atom. The highest BCUT2D eigenvalue weighted by Crippen LogP contribution is 2.42. The Balaban J connectivity index is 2.42. The first-order chi connectivity index (χ1) is 9.53. The first-order valence-corrected chi connectivity index (χ1v) is 6.67. The van der Waals surface area contributed by atoms with E-state index >= 15 is 0 Å². The zero-order valence-electron chi connectivity index (χ0n) is 11.8. The van der Waals surface area contributed by atoms with Gasteiger partial charge < -0.3 is 19.7 Å². The van der Waals surface area contributed by atoms with Gasteiger partial charge in [0, 0.05) is 0 Å². The van der Waals surface area contributed by atoms with Crippen LogP contribution < -0.4 is 9.47 Å². The third-order valence-electron chi connectivity index (χ3n) is 4.15. The first-order valence-electron chi connectivity index (χ1n) is 6.67. The number of ether oxygens (including phenoxy) is 2. The quantitative estimate of drug-likeness (QED) is 0.881. The molecule has 2 N–H and O–H groups in total. The number of benzene rings is 1. The number of aliphatic hydroxyl groups is 1. The van der Waals surface area contributed by atoms with Crippen LogP contribution in [0.15, 0.2) is 18.2 Å². The van der Waals surface area contributed by atoms with Gasteiger partial charge >= 0.3 is 5.97 Å². The van der Waals surface area contributed by atoms with E-state index in [0.717, 1.165) is 0 Å². The Morgan fingerprint density at radius 2 is 1.80 bits per heavy atom. The summed E-state index contributed by atoms with van der Waals surface area (Å²) in [6.45, 7) is 0. The molecule has 5 heteroatoms. The highest BCUT2D eigenvalue weighted by Gasteiger charge is 2.43. The van der Waals surface area contributed by atoms with Crippen molar-refractivity contribution in [2.75, 3.05) is 14.2 Å². The SMILES string of the molecule is COc1ccc(C2(C(=O)O)CCC(O)CC2)cc1OC. The van der Waals surface area contributed by atoms with Crippen LogP contribution in [0.1, 0.15) is 31.2 Å². The molecule has 0 atom stereocenters. The van der Waals surface area contributed by atoms with E-state index in [-0.39, 0.29) is 0 Å². The first kappa shape index (κ1) is 14.7. The van der Waals surface area contributed by atoms with Crippen LogP contribution in [0, 0.1) is 0 Å². The molecule has 20 heavy (non-hydrogen) atoms. The summed E-state index contributed by atoms with van der Waals surface area (Å²) in [6.07, 6.45) is 1.46. The second-order valence-electron chi connectivity index (χ2n) is 5.19. The van der Waals surface area contributed by atoms with Gasteiger partial charge in [-0.1, -0.05) is 6.07 Å². The number of carboxylic acids is 1. The van der Waals surface area contributed by atoms with E-state index in [1.54, 1.807) is 25.3 Å². The number of rotatable bonds is 4. The standard InChI is InChI=1S/C15H20O5/c1-19-12-4-3-10(9-13(12)20-2)15(14(17)18)7-5-11(16)6-8-15/h3-4,9,11,16H,5-8H2,1-2H3,(H,17,18). The van der Waals surface area contributed by atoms with Crippen molar-refractivity contribution in [3.63, 3.8) is 0 Å². The largest absolute Gasteiger partial charge is 0.493 e. The van der Waals surface area contributed by atoms with Gasteiger partial charge in [0.2, 0.25) is 0 Å². The minimum atomic E-state index is -0.946. The van der Waals surface area contributed by atoms with Gasteiger partial charge in [0.15, 0.2) is 11.5 Å². The molecule has 0 aliphatic heterocycles. The van der Waals surface area contributed by atoms with Crippen LogP contribution in [0.5, 0.6) is 11.5 Å². The summed E-state index contributed by atoms with van der Waals surface area (Å²) in [5.41, 5.74) is -0.242. The lowest BCUT2D eigenvalue weighted by molar-refractivity contribution is -0.146. The van der Waals surface area contributed by atoms with Crippen molar-refractivity contribution < 1.29 is 24.5 Å². The summed E-state index contributed by atoms with van der Waals surface area (Å²) >= 11 is 0. The normalized spacial score (nSPS) is 26.1. The lowest BCUT2D eigenvalue weighted by Crippen LogP contribution is -2.40. The van der Waals surface area contributed by atoms with Gasteiger partial charge in [-0.2, -0.15) is 0 Å². The summed E-state index contributed by atoms with van der Waals surface area (Å²) in [6, 6.07) is 5.22. The summed E-state index contributed by atoms with van der Waals surface area (Å²) in [7, 11) is 3.07. The molecule has 0 spiro atoms. The highest BCUT2D eigenvalue weighted by molar-refractivity contribution is 5.82. The average Bonchev–Trinajstić information content (AvgIpc) is 2.47. The van der Waals surface area contributed by atoms with Crippen LogP contribution in [0.4, 0.5) is 0 Å². The van der Waals surface area contributed by atoms with Crippen LogP contribution in [0.25, 0.3) is 0 Å². The van der Waals surface area contributed by atoms with Gasteiger partial charge in [0.1, 0.15) is 0 Å². The Bertz CT molecular complexity index is 489. The third kappa shape index (κ3) is 2.45. The minimum absolute atomic E-state index is 0.400. The number of aliphatic hydroxyl groups excluding tert-OH is 1. The van der Waals surface area contributed by atoms with E-state index in [0.29, 0.717) is 42.7 Å². The predicted octanol–water partition coefficient (Wildman–Crippen LogP) is 1.96. The van der Waals surface area contributed by atoms with Crippen LogP contribution in [-0.2, 0) is 10.2 Å². The van der Waals surface area contributed by atoms with Crippen molar-refractivity contribution in [1.82, 2.24) is 0 Å². The molecule has 1 aromatic rings. The molecule has 0 heterocycles. The zero-order chi connectivity index (χ0) is 14.8. The number of hydrogen-bond acceptors (Lipinski definition) is 4. The van der Waals surface area contributed by atoms with Crippen LogP contribution in [0.3, 0.4) is 0 Å². The average molecular weight is 280 g/mol. The monoisotopic (exact) mass is 280 g/mol. The van der Waals surface area contributed by atoms with E-state index in [1.807, 2.05) is 0 Å². The number of hydrogen-bond donors (Lipinski definition) is 2. The second-order valence-corrected chi connectivity index (χ2v) is 5.19. The Labute approximate surface area is 118 Å². The maximum absolute atomic E-state index is 11.8. The summed E-state index contributed by atoms with van der Waals surface area (Å²) in [5.74, 6) is 0.251. The lowest BCUT2D eigenvalue weighted by atomic mass is 9.68. The van der Waals surface area contributed by atoms with Gasteiger partial charge in [-0.15, -0.1) is 0 Å². The number of carboxylic acid groups (broad SMARTS) is 1. The fraction of sp³-hybridized carbons (Fsp3) is 0.533. The van der Waals surface area contributed by atoms with Gasteiger partial charge in [-0.05, 0) is 43.4 Å². The number of carbonyl (C=O) groups is 1. The van der Waals surface area contributed by atoms with E-state index in [9.17, 15) is 15.0 Å². The summed E-state index contributed by atoms with van der Waals surface area (Å²) in [5, 5.41) is 19.3. The maximum atomic E-state index is 11.8. The molecular weight excluding hydrogens is 260 g/mol. The minimum Gasteiger partial charge on any atom is -0.493 e.